The summed E-state index contributed by atoms with van der Waals surface area (Å²) in [7, 11) is 0. The molecule has 0 saturated carbocycles. The van der Waals surface area contributed by atoms with Gasteiger partial charge in [0.05, 0.1) is 6.54 Å². The lowest BCUT2D eigenvalue weighted by atomic mass is 10.1. The number of nitrogens with zero attached hydrogens (tertiary/aromatic N) is 5. The van der Waals surface area contributed by atoms with Gasteiger partial charge in [-0.3, -0.25) is 0 Å². The molecule has 0 bridgehead atoms. The fourth-order valence-corrected chi connectivity index (χ4v) is 3.54. The maximum Gasteiger partial charge on any atom is 0.407 e. The first-order chi connectivity index (χ1) is 15.2. The number of aryl methyl sites for hydroxylation is 1. The predicted octanol–water partition coefficient (Wildman–Crippen LogP) is 4.02. The van der Waals surface area contributed by atoms with Crippen molar-refractivity contribution in [3.05, 3.63) is 35.4 Å². The van der Waals surface area contributed by atoms with E-state index in [0.29, 0.717) is 41.8 Å². The van der Waals surface area contributed by atoms with E-state index >= 15 is 0 Å². The molecule has 1 aromatic carbocycles. The van der Waals surface area contributed by atoms with Gasteiger partial charge in [0.25, 0.3) is 0 Å². The van der Waals surface area contributed by atoms with Crippen molar-refractivity contribution < 1.29 is 9.53 Å². The fourth-order valence-electron chi connectivity index (χ4n) is 2.85. The van der Waals surface area contributed by atoms with E-state index in [-0.39, 0.29) is 0 Å². The van der Waals surface area contributed by atoms with Crippen molar-refractivity contribution in [3.63, 3.8) is 0 Å². The molecule has 0 atom stereocenters. The molecule has 0 unspecified atom stereocenters. The van der Waals surface area contributed by atoms with E-state index in [0.717, 1.165) is 17.7 Å². The van der Waals surface area contributed by atoms with Gasteiger partial charge < -0.3 is 15.4 Å². The van der Waals surface area contributed by atoms with Gasteiger partial charge in [0, 0.05) is 18.8 Å². The van der Waals surface area contributed by atoms with E-state index in [9.17, 15) is 4.79 Å². The van der Waals surface area contributed by atoms with Crippen LogP contribution in [-0.2, 0) is 11.3 Å². The summed E-state index contributed by atoms with van der Waals surface area (Å²) in [6.07, 6.45) is 0.575. The van der Waals surface area contributed by atoms with Gasteiger partial charge in [-0.2, -0.15) is 0 Å². The Bertz CT molecular complexity index is 1040. The Kier molecular flexibility index (Phi) is 7.89. The maximum atomic E-state index is 11.8. The largest absolute Gasteiger partial charge is 0.444 e. The molecular formula is C22H31N7O2S. The summed E-state index contributed by atoms with van der Waals surface area (Å²) in [5.74, 6) is 1.53. The fraction of sp³-hybridized carbons (Fsp3) is 0.500. The zero-order chi connectivity index (χ0) is 23.1. The molecule has 0 aliphatic rings. The molecule has 1 amide bonds. The number of fused-ring (bicyclic) bond motifs is 1. The Morgan fingerprint density at radius 2 is 1.91 bits per heavy atom. The highest BCUT2D eigenvalue weighted by molar-refractivity contribution is 7.99. The summed E-state index contributed by atoms with van der Waals surface area (Å²) >= 11 is 1.60. The number of carbonyl (C=O) groups excluding carboxylic acids is 1. The molecule has 2 aromatic heterocycles. The van der Waals surface area contributed by atoms with Crippen LogP contribution in [-0.4, -0.2) is 55.5 Å². The second-order valence-corrected chi connectivity index (χ2v) is 9.53. The van der Waals surface area contributed by atoms with Crippen LogP contribution in [0.4, 0.5) is 10.6 Å². The van der Waals surface area contributed by atoms with Crippen molar-refractivity contribution >= 4 is 34.8 Å². The molecule has 32 heavy (non-hydrogen) atoms. The number of ether oxygens (including phenoxy) is 1. The number of hydrogen-bond donors (Lipinski definition) is 2. The first kappa shape index (κ1) is 23.8. The first-order valence-corrected chi connectivity index (χ1v) is 11.7. The Morgan fingerprint density at radius 1 is 1.16 bits per heavy atom. The monoisotopic (exact) mass is 457 g/mol. The Hall–Kier alpha value is -2.88. The third-order valence-electron chi connectivity index (χ3n) is 4.32. The minimum Gasteiger partial charge on any atom is -0.444 e. The number of aromatic nitrogens is 5. The van der Waals surface area contributed by atoms with Gasteiger partial charge in [-0.05, 0) is 39.7 Å². The quantitative estimate of drug-likeness (QED) is 0.282. The predicted molar refractivity (Wildman–Crippen MR) is 127 cm³/mol. The van der Waals surface area contributed by atoms with E-state index in [1.54, 1.807) is 16.4 Å². The van der Waals surface area contributed by atoms with Crippen molar-refractivity contribution in [2.75, 3.05) is 24.2 Å². The second-order valence-electron chi connectivity index (χ2n) is 8.46. The maximum absolute atomic E-state index is 11.8. The minimum atomic E-state index is -0.530. The summed E-state index contributed by atoms with van der Waals surface area (Å²) < 4.78 is 7.05. The van der Waals surface area contributed by atoms with Gasteiger partial charge in [0.2, 0.25) is 0 Å². The van der Waals surface area contributed by atoms with Crippen LogP contribution in [0, 0.1) is 6.92 Å². The highest BCUT2D eigenvalue weighted by Gasteiger charge is 2.17. The number of rotatable bonds is 9. The lowest BCUT2D eigenvalue weighted by Crippen LogP contribution is -2.35. The average molecular weight is 458 g/mol. The lowest BCUT2D eigenvalue weighted by molar-refractivity contribution is 0.0530. The number of thioether (sulfide) groups is 1. The zero-order valence-corrected chi connectivity index (χ0v) is 20.1. The van der Waals surface area contributed by atoms with Crippen molar-refractivity contribution in [1.82, 2.24) is 30.3 Å². The van der Waals surface area contributed by atoms with Crippen molar-refractivity contribution in [3.8, 4) is 0 Å². The van der Waals surface area contributed by atoms with E-state index in [4.69, 9.17) is 9.72 Å². The van der Waals surface area contributed by atoms with Crippen molar-refractivity contribution in [2.24, 2.45) is 0 Å². The van der Waals surface area contributed by atoms with Gasteiger partial charge in [-0.25, -0.2) is 19.4 Å². The van der Waals surface area contributed by atoms with Crippen LogP contribution < -0.4 is 10.6 Å². The Labute approximate surface area is 192 Å². The standard InChI is InChI=1S/C22H31N7O2S/c1-6-13-32-20-25-18(23-11-12-24-21(30)31-22(3,4)5)17-19(26-20)29(28-27-17)14-16-9-7-15(2)8-10-16/h7-10H,6,11-14H2,1-5H3,(H,24,30)(H,23,25,26). The third-order valence-corrected chi connectivity index (χ3v) is 5.37. The highest BCUT2D eigenvalue weighted by Crippen LogP contribution is 2.23. The second kappa shape index (κ2) is 10.6. The molecule has 3 rings (SSSR count). The molecule has 0 saturated heterocycles. The number of anilines is 1. The van der Waals surface area contributed by atoms with Crippen LogP contribution in [0.15, 0.2) is 29.4 Å². The molecule has 2 heterocycles. The van der Waals surface area contributed by atoms with Crippen LogP contribution in [0.25, 0.3) is 11.2 Å². The van der Waals surface area contributed by atoms with Crippen LogP contribution in [0.2, 0.25) is 0 Å². The number of alkyl carbamates (subject to hydrolysis) is 1. The molecular weight excluding hydrogens is 426 g/mol. The normalized spacial score (nSPS) is 11.5. The van der Waals surface area contributed by atoms with Crippen LogP contribution in [0.1, 0.15) is 45.2 Å². The smallest absolute Gasteiger partial charge is 0.407 e. The number of hydrogen-bond acceptors (Lipinski definition) is 8. The Balaban J connectivity index is 1.75. The van der Waals surface area contributed by atoms with Gasteiger partial charge in [-0.15, -0.1) is 5.10 Å². The van der Waals surface area contributed by atoms with Gasteiger partial charge in [0.1, 0.15) is 5.60 Å². The van der Waals surface area contributed by atoms with E-state index in [2.05, 4.69) is 64.0 Å². The summed E-state index contributed by atoms with van der Waals surface area (Å²) in [5, 5.41) is 15.3. The number of amides is 1. The summed E-state index contributed by atoms with van der Waals surface area (Å²) in [4.78, 5) is 21.2. The Morgan fingerprint density at radius 3 is 2.59 bits per heavy atom. The summed E-state index contributed by atoms with van der Waals surface area (Å²) in [5.41, 5.74) is 3.10. The topological polar surface area (TPSA) is 107 Å². The van der Waals surface area contributed by atoms with E-state index in [1.165, 1.54) is 5.56 Å². The van der Waals surface area contributed by atoms with Crippen LogP contribution >= 0.6 is 11.8 Å². The lowest BCUT2D eigenvalue weighted by Gasteiger charge is -2.19. The van der Waals surface area contributed by atoms with Gasteiger partial charge in [0.15, 0.2) is 22.1 Å². The molecule has 2 N–H and O–H groups in total. The third kappa shape index (κ3) is 6.81. The van der Waals surface area contributed by atoms with Gasteiger partial charge >= 0.3 is 6.09 Å². The highest BCUT2D eigenvalue weighted by atomic mass is 32.2. The van der Waals surface area contributed by atoms with E-state index < -0.39 is 11.7 Å². The van der Waals surface area contributed by atoms with Crippen LogP contribution in [0.5, 0.6) is 0 Å². The van der Waals surface area contributed by atoms with Crippen molar-refractivity contribution in [2.45, 2.75) is 58.3 Å². The van der Waals surface area contributed by atoms with E-state index in [1.807, 2.05) is 20.8 Å². The molecule has 0 fully saturated rings. The van der Waals surface area contributed by atoms with Crippen LogP contribution in [0.3, 0.4) is 0 Å². The first-order valence-electron chi connectivity index (χ1n) is 10.8. The number of carbonyl (C=O) groups is 1. The molecule has 0 radical (unpaired) electrons. The SMILES string of the molecule is CCCSc1nc(NCCNC(=O)OC(C)(C)C)c2nnn(Cc3ccc(C)cc3)c2n1. The molecule has 0 spiro atoms. The van der Waals surface area contributed by atoms with Gasteiger partial charge in [-0.1, -0.05) is 53.7 Å². The molecule has 172 valence electrons. The number of nitrogens with one attached hydrogen (secondary N) is 2. The minimum absolute atomic E-state index is 0.384. The molecule has 10 heteroatoms. The summed E-state index contributed by atoms with van der Waals surface area (Å²) in [6, 6.07) is 8.32. The average Bonchev–Trinajstić information content (AvgIpc) is 3.13. The van der Waals surface area contributed by atoms with Crippen molar-refractivity contribution in [1.29, 1.82) is 0 Å². The molecule has 0 aliphatic carbocycles. The molecule has 0 aliphatic heterocycles. The summed E-state index contributed by atoms with van der Waals surface area (Å²) in [6.45, 7) is 11.1. The zero-order valence-electron chi connectivity index (χ0n) is 19.3. The number of benzene rings is 1. The molecule has 3 aromatic rings. The molecule has 9 nitrogen and oxygen atoms in total.